The van der Waals surface area contributed by atoms with Crippen LogP contribution in [0, 0.1) is 35.5 Å². The van der Waals surface area contributed by atoms with Gasteiger partial charge in [-0.1, -0.05) is 130 Å². The van der Waals surface area contributed by atoms with E-state index in [-0.39, 0.29) is 55.7 Å². The summed E-state index contributed by atoms with van der Waals surface area (Å²) in [5.41, 5.74) is -0.692. The van der Waals surface area contributed by atoms with Crippen LogP contribution in [0.3, 0.4) is 0 Å². The van der Waals surface area contributed by atoms with Crippen LogP contribution in [-0.4, -0.2) is 295 Å². The molecule has 13 aliphatic heterocycles. The van der Waals surface area contributed by atoms with Gasteiger partial charge in [-0.05, 0) is 104 Å². The number of unbranched alkanes of at least 4 members (excludes halogenated alkanes) is 8. The van der Waals surface area contributed by atoms with Crippen molar-refractivity contribution in [3.05, 3.63) is 36.5 Å². The van der Waals surface area contributed by atoms with Gasteiger partial charge in [0, 0.05) is 162 Å². The first-order valence-corrected chi connectivity index (χ1v) is 43.4. The molecule has 0 saturated carbocycles. The number of aliphatic hydroxyl groups is 3. The van der Waals surface area contributed by atoms with Gasteiger partial charge in [0.05, 0.1) is 66.9 Å². The summed E-state index contributed by atoms with van der Waals surface area (Å²) in [6.45, 7) is 27.3. The van der Waals surface area contributed by atoms with Gasteiger partial charge in [-0.25, -0.2) is 4.79 Å². The van der Waals surface area contributed by atoms with E-state index in [1.54, 1.807) is 12.2 Å². The Hall–Kier alpha value is -4.80. The predicted molar refractivity (Wildman–Crippen MR) is 432 cm³/mol. The molecule has 4 fully saturated rings. The number of rotatable bonds is 37. The average molecular weight is 1590 g/mol. The van der Waals surface area contributed by atoms with Crippen LogP contribution >= 0.6 is 0 Å². The van der Waals surface area contributed by atoms with Crippen molar-refractivity contribution in [3.8, 4) is 0 Å². The van der Waals surface area contributed by atoms with Gasteiger partial charge in [0.25, 0.3) is 0 Å². The summed E-state index contributed by atoms with van der Waals surface area (Å²) in [6, 6.07) is -1.28. The standard InChI is InChI=1S/C83H150N12O17/c1-11-18-52-105-69-61-31-33-64(72(69)108-55-21-14-4)78(100)87-41-47-93-48-42-88-79(101)65-34-32-62(70(106-53-19-12-2)73(65)109-56-22-15-5)76(98)85-39-45-92(44-38-84-75(61)97)46-40-86-77(99)63-35-36-66(74(110-57-23-16-6)71(63)107-54-20-13-3)80(102)89-43-49-94(51-50-93)59-60(28-25-26-37-90-82(104)112-83(8,9)10)91-81(103)67-29-27-30-68(96)95(67)111-58-24-17-7/h31-36,60-76,84-85,96-98H,11-30,37-59H2,1-10H3,(H,86,99)(H,87,100)(H,88,101)(H,89,102)(H,90,104)(H,91,103)/t60?,61-,62?,63+,64+,65?,66-,67+,68+,69?,70-,71?,72?,73+,74?,75-,76-/m1/s1. The van der Waals surface area contributed by atoms with Crippen molar-refractivity contribution in [1.82, 2.24) is 62.3 Å². The third kappa shape index (κ3) is 33.3. The van der Waals surface area contributed by atoms with E-state index in [4.69, 9.17) is 38.0 Å². The lowest BCUT2D eigenvalue weighted by atomic mass is 9.81. The molecule has 3 aliphatic carbocycles. The van der Waals surface area contributed by atoms with Crippen LogP contribution in [0.1, 0.15) is 198 Å². The number of ether oxygens (including phenoxy) is 7. The lowest BCUT2D eigenvalue weighted by molar-refractivity contribution is -0.271. The number of aliphatic hydroxyl groups excluding tert-OH is 3. The summed E-state index contributed by atoms with van der Waals surface area (Å²) in [6.07, 6.45) is 16.9. The second-order valence-corrected chi connectivity index (χ2v) is 32.1. The van der Waals surface area contributed by atoms with E-state index in [2.05, 4.69) is 106 Å². The van der Waals surface area contributed by atoms with Crippen LogP contribution < -0.4 is 42.5 Å². The summed E-state index contributed by atoms with van der Waals surface area (Å²) >= 11 is 0. The Labute approximate surface area is 670 Å². The van der Waals surface area contributed by atoms with Crippen LogP contribution in [-0.2, 0) is 62.0 Å². The highest BCUT2D eigenvalue weighted by atomic mass is 16.7. The van der Waals surface area contributed by atoms with Crippen LogP contribution in [0.5, 0.6) is 0 Å². The van der Waals surface area contributed by atoms with Gasteiger partial charge in [0.2, 0.25) is 29.5 Å². The number of carbonyl (C=O) groups excluding carboxylic acids is 6. The fraction of sp³-hybridized carbons (Fsp3) is 0.855. The number of hydroxylamine groups is 2. The summed E-state index contributed by atoms with van der Waals surface area (Å²) in [7, 11) is 0. The molecular formula is C83H150N12O17. The predicted octanol–water partition coefficient (Wildman–Crippen LogP) is 5.80. The highest BCUT2D eigenvalue weighted by Gasteiger charge is 2.48. The van der Waals surface area contributed by atoms with Crippen molar-refractivity contribution < 1.29 is 82.1 Å². The molecule has 29 heteroatoms. The fourth-order valence-electron chi connectivity index (χ4n) is 15.2. The van der Waals surface area contributed by atoms with Gasteiger partial charge in [-0.3, -0.25) is 54.1 Å². The van der Waals surface area contributed by atoms with Crippen LogP contribution in [0.4, 0.5) is 4.79 Å². The Kier molecular flexibility index (Phi) is 46.5. The maximum Gasteiger partial charge on any atom is 0.407 e. The maximum atomic E-state index is 15.1. The van der Waals surface area contributed by atoms with Crippen LogP contribution in [0.25, 0.3) is 0 Å². The summed E-state index contributed by atoms with van der Waals surface area (Å²) in [5, 5.41) is 63.6. The fourth-order valence-corrected chi connectivity index (χ4v) is 15.2. The second kappa shape index (κ2) is 54.2. The molecule has 0 radical (unpaired) electrons. The van der Waals surface area contributed by atoms with E-state index in [9.17, 15) is 29.7 Å². The topological polar surface area (TPSA) is 346 Å². The Balaban J connectivity index is 1.49. The van der Waals surface area contributed by atoms with Gasteiger partial charge in [0.1, 0.15) is 30.3 Å². The third-order valence-electron chi connectivity index (χ3n) is 21.8. The number of hydrogen-bond acceptors (Lipinski definition) is 23. The van der Waals surface area contributed by atoms with Crippen molar-refractivity contribution in [2.75, 3.05) is 151 Å². The summed E-state index contributed by atoms with van der Waals surface area (Å²) < 4.78 is 45.9. The van der Waals surface area contributed by atoms with E-state index >= 15 is 14.4 Å². The lowest BCUT2D eigenvalue weighted by Crippen LogP contribution is -2.57. The molecule has 13 heterocycles. The zero-order valence-corrected chi connectivity index (χ0v) is 70.0. The van der Waals surface area contributed by atoms with Crippen molar-refractivity contribution in [2.45, 2.75) is 271 Å². The number of nitrogens with zero attached hydrogens (tertiary/aromatic N) is 4. The van der Waals surface area contributed by atoms with E-state index in [1.807, 2.05) is 45.1 Å². The molecule has 11 N–H and O–H groups in total. The average Bonchev–Trinajstić information content (AvgIpc) is 0.806. The number of piperidine rings is 1. The van der Waals surface area contributed by atoms with Crippen molar-refractivity contribution in [2.24, 2.45) is 35.5 Å². The van der Waals surface area contributed by atoms with E-state index in [0.29, 0.717) is 170 Å². The normalized spacial score (nSPS) is 30.5. The lowest BCUT2D eigenvalue weighted by Gasteiger charge is -2.41. The quantitative estimate of drug-likeness (QED) is 0.0258. The molecule has 16 aliphatic rings. The smallest absolute Gasteiger partial charge is 0.407 e. The van der Waals surface area contributed by atoms with Gasteiger partial charge >= 0.3 is 6.09 Å². The molecule has 112 heavy (non-hydrogen) atoms. The Morgan fingerprint density at radius 1 is 0.464 bits per heavy atom. The molecule has 29 nitrogen and oxygen atoms in total. The van der Waals surface area contributed by atoms with Gasteiger partial charge < -0.3 is 80.4 Å². The molecule has 644 valence electrons. The maximum absolute atomic E-state index is 15.1. The Bertz CT molecular complexity index is 2670. The highest BCUT2D eigenvalue weighted by Crippen LogP contribution is 2.35. The number of alkyl carbamates (subject to hydrolysis) is 1. The molecule has 0 aromatic carbocycles. The number of amides is 6. The minimum Gasteiger partial charge on any atom is -0.444 e. The van der Waals surface area contributed by atoms with Crippen molar-refractivity contribution in [1.29, 1.82) is 0 Å². The number of nitrogens with one attached hydrogen (secondary N) is 8. The molecule has 0 aromatic rings. The molecule has 0 spiro atoms. The molecule has 6 amide bonds. The first-order chi connectivity index (χ1) is 54.2. The monoisotopic (exact) mass is 1590 g/mol. The van der Waals surface area contributed by atoms with E-state index in [1.165, 1.54) is 5.06 Å². The number of carbonyl (C=O) groups is 6. The zero-order valence-electron chi connectivity index (χ0n) is 70.0. The number of hydrogen-bond donors (Lipinski definition) is 11. The largest absolute Gasteiger partial charge is 0.444 e. The van der Waals surface area contributed by atoms with Crippen LogP contribution in [0.15, 0.2) is 36.5 Å². The second-order valence-electron chi connectivity index (χ2n) is 32.1. The van der Waals surface area contributed by atoms with Crippen LogP contribution in [0.2, 0.25) is 0 Å². The summed E-state index contributed by atoms with van der Waals surface area (Å²) in [4.78, 5) is 101. The molecule has 0 aromatic heterocycles. The minimum absolute atomic E-state index is 0.160. The van der Waals surface area contributed by atoms with Gasteiger partial charge in [-0.2, -0.15) is 0 Å². The Morgan fingerprint density at radius 3 is 1.26 bits per heavy atom. The molecule has 9 unspecified atom stereocenters. The SMILES string of the molecule is CCCCOC1C(OCCCC)[C@H]2C=C[C@@H]1C(=O)NCCN1CCNC(=O)C3C=CC([C@@H](OCCCC)[C@H]3OCCCC)[C@@H](O)NCCN(CCNC(=O)[C@H]3C=C[C@@H](C(=O)NCCN(CC(CCCCNC(=O)OC(C)(C)C)NC(=O)[C@@H]4CCC[C@H](O)N4OCCCC)CC1)C(OCCCC)C3OCCCC)CCN[C@@H]2O. The first kappa shape index (κ1) is 96.0. The van der Waals surface area contributed by atoms with Crippen molar-refractivity contribution >= 4 is 35.6 Å². The highest BCUT2D eigenvalue weighted by molar-refractivity contribution is 5.85. The molecule has 8 bridgehead atoms. The van der Waals surface area contributed by atoms with Gasteiger partial charge in [0.15, 0.2) is 0 Å². The van der Waals surface area contributed by atoms with E-state index < -0.39 is 115 Å². The molecule has 19 atom stereocenters. The van der Waals surface area contributed by atoms with Gasteiger partial charge in [-0.15, -0.1) is 5.06 Å². The molecular weight excluding hydrogens is 1440 g/mol. The molecule has 4 saturated heterocycles. The summed E-state index contributed by atoms with van der Waals surface area (Å²) in [5.74, 6) is -5.90. The Morgan fingerprint density at radius 2 is 0.839 bits per heavy atom. The van der Waals surface area contributed by atoms with Crippen molar-refractivity contribution in [3.63, 3.8) is 0 Å². The van der Waals surface area contributed by atoms with E-state index in [0.717, 1.165) is 83.5 Å². The zero-order chi connectivity index (χ0) is 81.1. The third-order valence-corrected chi connectivity index (χ3v) is 21.8. The molecule has 16 rings (SSSR count). The first-order valence-electron chi connectivity index (χ1n) is 43.4. The minimum atomic E-state index is -1.13.